The van der Waals surface area contributed by atoms with Crippen molar-refractivity contribution < 1.29 is 0 Å². The van der Waals surface area contributed by atoms with E-state index in [4.69, 9.17) is 22.3 Å². The summed E-state index contributed by atoms with van der Waals surface area (Å²) in [4.78, 5) is 9.13. The van der Waals surface area contributed by atoms with Gasteiger partial charge in [0, 0.05) is 23.0 Å². The van der Waals surface area contributed by atoms with E-state index in [2.05, 4.69) is 24.1 Å². The lowest BCUT2D eigenvalue weighted by Crippen LogP contribution is -2.11. The molecule has 5 heteroatoms. The number of rotatable bonds is 6. The van der Waals surface area contributed by atoms with Crippen molar-refractivity contribution >= 4 is 17.3 Å². The summed E-state index contributed by atoms with van der Waals surface area (Å²) in [5, 5.41) is 4.05. The minimum Gasteiger partial charge on any atom is -0.382 e. The summed E-state index contributed by atoms with van der Waals surface area (Å²) in [6.07, 6.45) is 2.75. The molecule has 0 spiro atoms. The molecule has 1 aromatic carbocycles. The zero-order valence-electron chi connectivity index (χ0n) is 12.4. The van der Waals surface area contributed by atoms with Gasteiger partial charge in [0.05, 0.1) is 17.6 Å². The third-order valence-electron chi connectivity index (χ3n) is 3.12. The van der Waals surface area contributed by atoms with Gasteiger partial charge in [0.2, 0.25) is 0 Å². The molecule has 0 aliphatic rings. The van der Waals surface area contributed by atoms with Gasteiger partial charge in [-0.1, -0.05) is 37.6 Å². The number of hydrogen-bond acceptors (Lipinski definition) is 4. The molecule has 0 atom stereocenters. The summed E-state index contributed by atoms with van der Waals surface area (Å²) in [6, 6.07) is 7.71. The topological polar surface area (TPSA) is 63.8 Å². The van der Waals surface area contributed by atoms with Gasteiger partial charge < -0.3 is 11.1 Å². The molecule has 0 aliphatic carbocycles. The largest absolute Gasteiger partial charge is 0.382 e. The van der Waals surface area contributed by atoms with Crippen molar-refractivity contribution in [3.8, 4) is 11.3 Å². The number of benzene rings is 1. The number of nitrogens with zero attached hydrogens (tertiary/aromatic N) is 2. The molecule has 112 valence electrons. The molecule has 0 bridgehead atoms. The number of halogens is 1. The summed E-state index contributed by atoms with van der Waals surface area (Å²) < 4.78 is 0. The van der Waals surface area contributed by atoms with Crippen LogP contribution < -0.4 is 11.1 Å². The van der Waals surface area contributed by atoms with Crippen molar-refractivity contribution in [2.24, 2.45) is 5.73 Å². The maximum Gasteiger partial charge on any atom is 0.131 e. The van der Waals surface area contributed by atoms with Crippen molar-refractivity contribution in [3.05, 3.63) is 41.3 Å². The standard InChI is InChI=1S/C16H21ClN4/c1-11(2)16-20-10-14(19-8-4-7-18)15(21-16)12-5-3-6-13(17)9-12/h3,5-6,9-11,19H,4,7-8,18H2,1-2H3. The van der Waals surface area contributed by atoms with E-state index >= 15 is 0 Å². The van der Waals surface area contributed by atoms with E-state index < -0.39 is 0 Å². The van der Waals surface area contributed by atoms with Crippen LogP contribution >= 0.6 is 11.6 Å². The number of nitrogens with one attached hydrogen (secondary N) is 1. The van der Waals surface area contributed by atoms with Gasteiger partial charge in [-0.3, -0.25) is 0 Å². The van der Waals surface area contributed by atoms with Gasteiger partial charge in [-0.25, -0.2) is 9.97 Å². The SMILES string of the molecule is CC(C)c1ncc(NCCCN)c(-c2cccc(Cl)c2)n1. The first-order valence-electron chi connectivity index (χ1n) is 7.18. The minimum atomic E-state index is 0.279. The molecule has 1 aromatic heterocycles. The fourth-order valence-corrected chi connectivity index (χ4v) is 2.17. The van der Waals surface area contributed by atoms with E-state index in [1.165, 1.54) is 0 Å². The van der Waals surface area contributed by atoms with E-state index in [1.54, 1.807) is 0 Å². The smallest absolute Gasteiger partial charge is 0.131 e. The van der Waals surface area contributed by atoms with E-state index in [0.717, 1.165) is 35.7 Å². The average molecular weight is 305 g/mol. The number of anilines is 1. The van der Waals surface area contributed by atoms with Crippen molar-refractivity contribution in [1.82, 2.24) is 9.97 Å². The van der Waals surface area contributed by atoms with Gasteiger partial charge in [0.1, 0.15) is 5.82 Å². The Morgan fingerprint density at radius 1 is 1.33 bits per heavy atom. The molecule has 0 saturated heterocycles. The number of nitrogens with two attached hydrogens (primary N) is 1. The molecule has 0 fully saturated rings. The monoisotopic (exact) mass is 304 g/mol. The molecule has 0 unspecified atom stereocenters. The van der Waals surface area contributed by atoms with Crippen LogP contribution in [-0.2, 0) is 0 Å². The summed E-state index contributed by atoms with van der Waals surface area (Å²) in [5.74, 6) is 1.11. The highest BCUT2D eigenvalue weighted by molar-refractivity contribution is 6.30. The molecule has 1 heterocycles. The molecule has 2 rings (SSSR count). The molecule has 0 amide bonds. The van der Waals surface area contributed by atoms with Crippen LogP contribution in [0.3, 0.4) is 0 Å². The van der Waals surface area contributed by atoms with Crippen molar-refractivity contribution in [2.45, 2.75) is 26.2 Å². The highest BCUT2D eigenvalue weighted by atomic mass is 35.5. The molecule has 0 saturated carbocycles. The van der Waals surface area contributed by atoms with Crippen LogP contribution in [0, 0.1) is 0 Å². The first kappa shape index (κ1) is 15.7. The van der Waals surface area contributed by atoms with Gasteiger partial charge >= 0.3 is 0 Å². The van der Waals surface area contributed by atoms with Crippen LogP contribution in [0.4, 0.5) is 5.69 Å². The fraction of sp³-hybridized carbons (Fsp3) is 0.375. The van der Waals surface area contributed by atoms with Crippen LogP contribution in [0.25, 0.3) is 11.3 Å². The van der Waals surface area contributed by atoms with Gasteiger partial charge in [-0.15, -0.1) is 0 Å². The second-order valence-electron chi connectivity index (χ2n) is 5.22. The van der Waals surface area contributed by atoms with Gasteiger partial charge in [-0.05, 0) is 25.1 Å². The second kappa shape index (κ2) is 7.38. The van der Waals surface area contributed by atoms with Crippen LogP contribution in [0.1, 0.15) is 32.0 Å². The zero-order chi connectivity index (χ0) is 15.2. The highest BCUT2D eigenvalue weighted by Crippen LogP contribution is 2.28. The Labute approximate surface area is 130 Å². The number of aromatic nitrogens is 2. The van der Waals surface area contributed by atoms with Crippen molar-refractivity contribution in [2.75, 3.05) is 18.4 Å². The Balaban J connectivity index is 2.40. The van der Waals surface area contributed by atoms with Crippen molar-refractivity contribution in [1.29, 1.82) is 0 Å². The van der Waals surface area contributed by atoms with E-state index in [9.17, 15) is 0 Å². The molecular weight excluding hydrogens is 284 g/mol. The number of hydrogen-bond donors (Lipinski definition) is 2. The van der Waals surface area contributed by atoms with Crippen LogP contribution in [0.2, 0.25) is 5.02 Å². The van der Waals surface area contributed by atoms with Crippen LogP contribution in [-0.4, -0.2) is 23.1 Å². The van der Waals surface area contributed by atoms with Crippen molar-refractivity contribution in [3.63, 3.8) is 0 Å². The third kappa shape index (κ3) is 4.16. The molecule has 3 N–H and O–H groups in total. The van der Waals surface area contributed by atoms with Gasteiger partial charge in [-0.2, -0.15) is 0 Å². The minimum absolute atomic E-state index is 0.279. The van der Waals surface area contributed by atoms with Gasteiger partial charge in [0.25, 0.3) is 0 Å². The molecule has 21 heavy (non-hydrogen) atoms. The Morgan fingerprint density at radius 3 is 2.81 bits per heavy atom. The quantitative estimate of drug-likeness (QED) is 0.799. The lowest BCUT2D eigenvalue weighted by atomic mass is 10.1. The Hall–Kier alpha value is -1.65. The molecular formula is C16H21ClN4. The predicted molar refractivity (Wildman–Crippen MR) is 88.7 cm³/mol. The summed E-state index contributed by atoms with van der Waals surface area (Å²) >= 11 is 6.10. The normalized spacial score (nSPS) is 10.9. The maximum absolute atomic E-state index is 6.10. The first-order valence-corrected chi connectivity index (χ1v) is 7.56. The van der Waals surface area contributed by atoms with Crippen LogP contribution in [0.5, 0.6) is 0 Å². The third-order valence-corrected chi connectivity index (χ3v) is 3.35. The lowest BCUT2D eigenvalue weighted by Gasteiger charge is -2.13. The average Bonchev–Trinajstić information content (AvgIpc) is 2.47. The first-order chi connectivity index (χ1) is 10.1. The Kier molecular flexibility index (Phi) is 5.53. The van der Waals surface area contributed by atoms with E-state index in [0.29, 0.717) is 11.6 Å². The second-order valence-corrected chi connectivity index (χ2v) is 5.66. The zero-order valence-corrected chi connectivity index (χ0v) is 13.2. The molecule has 4 nitrogen and oxygen atoms in total. The summed E-state index contributed by atoms with van der Waals surface area (Å²) in [7, 11) is 0. The van der Waals surface area contributed by atoms with E-state index in [-0.39, 0.29) is 5.92 Å². The Morgan fingerprint density at radius 2 is 2.14 bits per heavy atom. The predicted octanol–water partition coefficient (Wildman–Crippen LogP) is 3.68. The summed E-state index contributed by atoms with van der Waals surface area (Å²) in [5.41, 5.74) is 8.32. The maximum atomic E-state index is 6.10. The highest BCUT2D eigenvalue weighted by Gasteiger charge is 2.11. The van der Waals surface area contributed by atoms with Crippen LogP contribution in [0.15, 0.2) is 30.5 Å². The molecule has 2 aromatic rings. The molecule has 0 aliphatic heterocycles. The lowest BCUT2D eigenvalue weighted by molar-refractivity contribution is 0.775. The molecule has 0 radical (unpaired) electrons. The fourth-order valence-electron chi connectivity index (χ4n) is 1.98. The summed E-state index contributed by atoms with van der Waals surface area (Å²) in [6.45, 7) is 5.62. The van der Waals surface area contributed by atoms with E-state index in [1.807, 2.05) is 30.5 Å². The van der Waals surface area contributed by atoms with Gasteiger partial charge in [0.15, 0.2) is 0 Å². The Bertz CT molecular complexity index is 599.